The number of carboxylic acids is 1. The van der Waals surface area contributed by atoms with Gasteiger partial charge >= 0.3 is 5.97 Å². The summed E-state index contributed by atoms with van der Waals surface area (Å²) in [6.07, 6.45) is 0. The molecule has 2 N–H and O–H groups in total. The fourth-order valence-corrected chi connectivity index (χ4v) is 3.39. The van der Waals surface area contributed by atoms with E-state index >= 15 is 0 Å². The average Bonchev–Trinajstić information content (AvgIpc) is 3.19. The second kappa shape index (κ2) is 9.33. The van der Waals surface area contributed by atoms with E-state index < -0.39 is 5.97 Å². The third kappa shape index (κ3) is 5.20. The lowest BCUT2D eigenvalue weighted by Gasteiger charge is -2.10. The Labute approximate surface area is 171 Å². The molecule has 2 aromatic rings. The molecule has 0 fully saturated rings. The Bertz CT molecular complexity index is 960. The van der Waals surface area contributed by atoms with Crippen molar-refractivity contribution in [3.63, 3.8) is 0 Å². The number of methoxy groups -OCH3 is 1. The zero-order chi connectivity index (χ0) is 20.8. The molecular formula is C20H20N2O6S. The maximum atomic E-state index is 12.4. The van der Waals surface area contributed by atoms with Gasteiger partial charge in [0.1, 0.15) is 5.75 Å². The maximum absolute atomic E-state index is 12.4. The lowest BCUT2D eigenvalue weighted by Crippen LogP contribution is -2.19. The Kier molecular flexibility index (Phi) is 6.61. The number of aliphatic carboxylic acids is 1. The molecular weight excluding hydrogens is 396 g/mol. The number of fused-ring (bicyclic) bond motifs is 1. The van der Waals surface area contributed by atoms with Crippen LogP contribution in [0.1, 0.15) is 28.4 Å². The predicted molar refractivity (Wildman–Crippen MR) is 109 cm³/mol. The second-order valence-electron chi connectivity index (χ2n) is 6.12. The number of benzene rings is 2. The third-order valence-corrected chi connectivity index (χ3v) is 5.11. The molecule has 0 atom stereocenters. The van der Waals surface area contributed by atoms with Gasteiger partial charge in [0, 0.05) is 16.9 Å². The molecule has 152 valence electrons. The molecule has 0 spiro atoms. The van der Waals surface area contributed by atoms with E-state index in [1.54, 1.807) is 38.3 Å². The lowest BCUT2D eigenvalue weighted by atomic mass is 10.1. The number of amides is 1. The smallest absolute Gasteiger partial charge is 0.313 e. The first-order valence-corrected chi connectivity index (χ1v) is 9.84. The molecule has 1 amide bonds. The Morgan fingerprint density at radius 3 is 2.69 bits per heavy atom. The Morgan fingerprint density at radius 1 is 1.17 bits per heavy atom. The fraction of sp³-hybridized carbons (Fsp3) is 0.250. The van der Waals surface area contributed by atoms with Gasteiger partial charge in [0.05, 0.1) is 18.6 Å². The van der Waals surface area contributed by atoms with Gasteiger partial charge in [0.25, 0.3) is 5.91 Å². The van der Waals surface area contributed by atoms with E-state index in [0.29, 0.717) is 34.3 Å². The number of carbonyl (C=O) groups excluding carboxylic acids is 1. The number of nitrogens with zero attached hydrogens (tertiary/aromatic N) is 1. The van der Waals surface area contributed by atoms with Gasteiger partial charge in [-0.1, -0.05) is 0 Å². The van der Waals surface area contributed by atoms with Gasteiger partial charge in [0.2, 0.25) is 6.79 Å². The van der Waals surface area contributed by atoms with Crippen LogP contribution in [-0.2, 0) is 10.5 Å². The fourth-order valence-electron chi connectivity index (χ4n) is 2.67. The Morgan fingerprint density at radius 2 is 1.93 bits per heavy atom. The minimum Gasteiger partial charge on any atom is -0.496 e. The van der Waals surface area contributed by atoms with Crippen molar-refractivity contribution in [2.45, 2.75) is 12.7 Å². The number of hydrazone groups is 1. The molecule has 0 saturated carbocycles. The van der Waals surface area contributed by atoms with E-state index in [1.165, 1.54) is 11.8 Å². The molecule has 8 nitrogen and oxygen atoms in total. The van der Waals surface area contributed by atoms with E-state index in [2.05, 4.69) is 10.5 Å². The number of rotatable bonds is 8. The molecule has 1 heterocycles. The van der Waals surface area contributed by atoms with E-state index in [1.807, 2.05) is 12.1 Å². The molecule has 0 unspecified atom stereocenters. The molecule has 2 aromatic carbocycles. The molecule has 0 aliphatic carbocycles. The summed E-state index contributed by atoms with van der Waals surface area (Å²) in [6, 6.07) is 10.4. The van der Waals surface area contributed by atoms with Gasteiger partial charge in [-0.2, -0.15) is 5.10 Å². The van der Waals surface area contributed by atoms with Crippen molar-refractivity contribution in [3.05, 3.63) is 53.1 Å². The lowest BCUT2D eigenvalue weighted by molar-refractivity contribution is -0.133. The summed E-state index contributed by atoms with van der Waals surface area (Å²) < 4.78 is 15.8. The minimum atomic E-state index is -0.867. The van der Waals surface area contributed by atoms with Crippen molar-refractivity contribution in [3.8, 4) is 17.2 Å². The monoisotopic (exact) mass is 416 g/mol. The number of carboxylic acid groups (broad SMARTS) is 1. The van der Waals surface area contributed by atoms with Crippen LogP contribution >= 0.6 is 11.8 Å². The molecule has 0 bridgehead atoms. The van der Waals surface area contributed by atoms with E-state index in [4.69, 9.17) is 19.3 Å². The highest BCUT2D eigenvalue weighted by Gasteiger charge is 2.16. The summed E-state index contributed by atoms with van der Waals surface area (Å²) >= 11 is 1.28. The number of hydrogen-bond donors (Lipinski definition) is 2. The summed E-state index contributed by atoms with van der Waals surface area (Å²) in [6.45, 7) is 1.91. The van der Waals surface area contributed by atoms with Crippen LogP contribution in [0.3, 0.4) is 0 Å². The highest BCUT2D eigenvalue weighted by molar-refractivity contribution is 7.99. The Hall–Kier alpha value is -3.20. The van der Waals surface area contributed by atoms with Crippen LogP contribution in [-0.4, -0.2) is 42.4 Å². The summed E-state index contributed by atoms with van der Waals surface area (Å²) in [5.74, 6) is 1.06. The summed E-state index contributed by atoms with van der Waals surface area (Å²) in [7, 11) is 1.56. The first-order valence-electron chi connectivity index (χ1n) is 8.69. The molecule has 0 saturated heterocycles. The van der Waals surface area contributed by atoms with E-state index in [0.717, 1.165) is 11.1 Å². The summed E-state index contributed by atoms with van der Waals surface area (Å²) in [4.78, 5) is 23.1. The molecule has 1 aliphatic rings. The van der Waals surface area contributed by atoms with Crippen LogP contribution in [0.25, 0.3) is 0 Å². The van der Waals surface area contributed by atoms with Gasteiger partial charge in [-0.3, -0.25) is 9.59 Å². The van der Waals surface area contributed by atoms with Crippen LogP contribution < -0.4 is 19.6 Å². The summed E-state index contributed by atoms with van der Waals surface area (Å²) in [5.41, 5.74) is 5.19. The van der Waals surface area contributed by atoms with Crippen LogP contribution in [0.15, 0.2) is 41.5 Å². The number of thioether (sulfide) groups is 1. The van der Waals surface area contributed by atoms with Crippen LogP contribution in [0, 0.1) is 0 Å². The maximum Gasteiger partial charge on any atom is 0.313 e. The van der Waals surface area contributed by atoms with Crippen molar-refractivity contribution in [1.82, 2.24) is 5.43 Å². The van der Waals surface area contributed by atoms with Crippen molar-refractivity contribution in [1.29, 1.82) is 0 Å². The van der Waals surface area contributed by atoms with Gasteiger partial charge in [-0.05, 0) is 48.9 Å². The largest absolute Gasteiger partial charge is 0.496 e. The SMILES string of the molecule is COc1ccc(/C(C)=N\NC(=O)c2ccc3c(c2)OCO3)cc1CSCC(=O)O. The van der Waals surface area contributed by atoms with Crippen LogP contribution in [0.5, 0.6) is 17.2 Å². The zero-order valence-corrected chi connectivity index (χ0v) is 16.7. The van der Waals surface area contributed by atoms with Crippen molar-refractivity contribution < 1.29 is 28.9 Å². The predicted octanol–water partition coefficient (Wildman–Crippen LogP) is 2.90. The number of ether oxygens (including phenoxy) is 3. The second-order valence-corrected chi connectivity index (χ2v) is 7.10. The first kappa shape index (κ1) is 20.5. The highest BCUT2D eigenvalue weighted by Crippen LogP contribution is 2.32. The molecule has 1 aliphatic heterocycles. The molecule has 0 radical (unpaired) electrons. The van der Waals surface area contributed by atoms with Crippen molar-refractivity contribution in [2.24, 2.45) is 5.10 Å². The molecule has 0 aromatic heterocycles. The number of hydrogen-bond acceptors (Lipinski definition) is 7. The number of nitrogens with one attached hydrogen (secondary N) is 1. The minimum absolute atomic E-state index is 0.00600. The normalized spacial score (nSPS) is 12.6. The van der Waals surface area contributed by atoms with Crippen LogP contribution in [0.4, 0.5) is 0 Å². The standard InChI is InChI=1S/C20H20N2O6S/c1-12(13-3-5-16(26-2)15(7-13)9-29-10-19(23)24)21-22-20(25)14-4-6-17-18(8-14)28-11-27-17/h3-8H,9-11H2,1-2H3,(H,22,25)(H,23,24)/b21-12-. The average molecular weight is 416 g/mol. The van der Waals surface area contributed by atoms with Gasteiger partial charge in [0.15, 0.2) is 11.5 Å². The highest BCUT2D eigenvalue weighted by atomic mass is 32.2. The van der Waals surface area contributed by atoms with Crippen LogP contribution in [0.2, 0.25) is 0 Å². The molecule has 29 heavy (non-hydrogen) atoms. The molecule has 3 rings (SSSR count). The topological polar surface area (TPSA) is 106 Å². The van der Waals surface area contributed by atoms with E-state index in [-0.39, 0.29) is 18.5 Å². The van der Waals surface area contributed by atoms with Crippen molar-refractivity contribution in [2.75, 3.05) is 19.7 Å². The van der Waals surface area contributed by atoms with E-state index in [9.17, 15) is 9.59 Å². The van der Waals surface area contributed by atoms with Gasteiger partial charge in [-0.25, -0.2) is 5.43 Å². The summed E-state index contributed by atoms with van der Waals surface area (Å²) in [5, 5.41) is 13.0. The number of carbonyl (C=O) groups is 2. The third-order valence-electron chi connectivity index (χ3n) is 4.14. The van der Waals surface area contributed by atoms with Gasteiger partial charge in [-0.15, -0.1) is 11.8 Å². The molecule has 9 heteroatoms. The van der Waals surface area contributed by atoms with Crippen molar-refractivity contribution >= 4 is 29.4 Å². The Balaban J connectivity index is 1.70. The quantitative estimate of drug-likeness (QED) is 0.503. The zero-order valence-electron chi connectivity index (χ0n) is 15.9. The first-order chi connectivity index (χ1) is 14.0. The van der Waals surface area contributed by atoms with Gasteiger partial charge < -0.3 is 19.3 Å².